The molecule has 1 aromatic heterocycles. The molecule has 1 aliphatic heterocycles. The number of likely N-dealkylation sites (tertiary alicyclic amines) is 1. The summed E-state index contributed by atoms with van der Waals surface area (Å²) in [7, 11) is 0. The molecule has 1 saturated carbocycles. The molecule has 1 N–H and O–H groups in total. The van der Waals surface area contributed by atoms with Gasteiger partial charge in [0.25, 0.3) is 0 Å². The third kappa shape index (κ3) is 2.65. The van der Waals surface area contributed by atoms with Gasteiger partial charge in [-0.3, -0.25) is 4.90 Å². The molecule has 2 heterocycles. The van der Waals surface area contributed by atoms with Crippen LogP contribution in [0.5, 0.6) is 0 Å². The lowest BCUT2D eigenvalue weighted by molar-refractivity contribution is 0.257. The van der Waals surface area contributed by atoms with Crippen molar-refractivity contribution in [2.45, 2.75) is 44.3 Å². The van der Waals surface area contributed by atoms with E-state index in [1.54, 1.807) is 17.2 Å². The average molecular weight is 283 g/mol. The first-order chi connectivity index (χ1) is 10.3. The Morgan fingerprint density at radius 1 is 1.10 bits per heavy atom. The largest absolute Gasteiger partial charge is 0.381 e. The molecule has 1 aliphatic carbocycles. The summed E-state index contributed by atoms with van der Waals surface area (Å²) < 4.78 is 0. The first-order valence-electron chi connectivity index (χ1n) is 7.78. The van der Waals surface area contributed by atoms with E-state index in [0.717, 1.165) is 11.7 Å². The van der Waals surface area contributed by atoms with Gasteiger partial charge in [0, 0.05) is 30.4 Å². The van der Waals surface area contributed by atoms with Crippen molar-refractivity contribution in [3.63, 3.8) is 0 Å². The van der Waals surface area contributed by atoms with Crippen LogP contribution in [-0.4, -0.2) is 44.6 Å². The van der Waals surface area contributed by atoms with Crippen LogP contribution in [-0.2, 0) is 0 Å². The number of aromatic nitrogens is 3. The van der Waals surface area contributed by atoms with Crippen LogP contribution in [0, 0.1) is 0 Å². The predicted octanol–water partition coefficient (Wildman–Crippen LogP) is 2.30. The van der Waals surface area contributed by atoms with Crippen molar-refractivity contribution in [1.29, 1.82) is 0 Å². The Morgan fingerprint density at radius 3 is 2.48 bits per heavy atom. The van der Waals surface area contributed by atoms with Gasteiger partial charge in [-0.05, 0) is 50.5 Å². The van der Waals surface area contributed by atoms with Crippen molar-refractivity contribution in [1.82, 2.24) is 19.9 Å². The second-order valence-corrected chi connectivity index (χ2v) is 6.22. The fourth-order valence-electron chi connectivity index (χ4n) is 3.35. The second kappa shape index (κ2) is 5.15. The minimum atomic E-state index is 0.564. The van der Waals surface area contributed by atoms with Gasteiger partial charge in [0.05, 0.1) is 18.1 Å². The van der Waals surface area contributed by atoms with Crippen LogP contribution >= 0.6 is 0 Å². The van der Waals surface area contributed by atoms with E-state index in [1.807, 2.05) is 0 Å². The molecule has 2 unspecified atom stereocenters. The van der Waals surface area contributed by atoms with Crippen LogP contribution < -0.4 is 5.32 Å². The van der Waals surface area contributed by atoms with Gasteiger partial charge in [-0.15, -0.1) is 0 Å². The molecule has 0 spiro atoms. The number of rotatable bonds is 4. The second-order valence-electron chi connectivity index (χ2n) is 6.22. The summed E-state index contributed by atoms with van der Waals surface area (Å²) in [5.74, 6) is 0. The van der Waals surface area contributed by atoms with Gasteiger partial charge >= 0.3 is 0 Å². The van der Waals surface area contributed by atoms with Gasteiger partial charge in [-0.2, -0.15) is 15.0 Å². The van der Waals surface area contributed by atoms with Crippen molar-refractivity contribution in [2.75, 3.05) is 11.9 Å². The monoisotopic (exact) mass is 283 g/mol. The van der Waals surface area contributed by atoms with Gasteiger partial charge in [0.1, 0.15) is 0 Å². The standard InChI is InChI=1S/C16H21N5/c1-12-10-14(11-20(12)15-6-7-15)19-13-2-4-16(5-3-13)21-17-8-9-18-21/h2-5,8-9,12,14-15,19H,6-7,10-11H2,1H3. The quantitative estimate of drug-likeness (QED) is 0.935. The number of nitrogens with one attached hydrogen (secondary N) is 1. The van der Waals surface area contributed by atoms with Crippen molar-refractivity contribution in [3.8, 4) is 5.69 Å². The maximum absolute atomic E-state index is 4.14. The summed E-state index contributed by atoms with van der Waals surface area (Å²) >= 11 is 0. The van der Waals surface area contributed by atoms with Gasteiger partial charge in [-0.1, -0.05) is 0 Å². The minimum Gasteiger partial charge on any atom is -0.381 e. The smallest absolute Gasteiger partial charge is 0.0858 e. The molecule has 2 aliphatic rings. The Kier molecular flexibility index (Phi) is 3.15. The number of anilines is 1. The molecular weight excluding hydrogens is 262 g/mol. The van der Waals surface area contributed by atoms with Crippen LogP contribution in [0.15, 0.2) is 36.7 Å². The van der Waals surface area contributed by atoms with Crippen LogP contribution in [0.25, 0.3) is 5.69 Å². The molecule has 2 aromatic rings. The summed E-state index contributed by atoms with van der Waals surface area (Å²) in [6, 6.07) is 10.5. The van der Waals surface area contributed by atoms with Crippen LogP contribution in [0.1, 0.15) is 26.2 Å². The summed E-state index contributed by atoms with van der Waals surface area (Å²) in [6.07, 6.45) is 7.40. The van der Waals surface area contributed by atoms with Gasteiger partial charge in [0.15, 0.2) is 0 Å². The maximum atomic E-state index is 4.14. The van der Waals surface area contributed by atoms with E-state index in [9.17, 15) is 0 Å². The SMILES string of the molecule is CC1CC(Nc2ccc(-n3nccn3)cc2)CN1C1CC1. The van der Waals surface area contributed by atoms with E-state index in [2.05, 4.69) is 51.6 Å². The molecular formula is C16H21N5. The molecule has 0 amide bonds. The number of nitrogens with zero attached hydrogens (tertiary/aromatic N) is 4. The molecule has 2 atom stereocenters. The molecule has 5 heteroatoms. The Balaban J connectivity index is 1.41. The van der Waals surface area contributed by atoms with Crippen molar-refractivity contribution in [3.05, 3.63) is 36.7 Å². The molecule has 2 fully saturated rings. The van der Waals surface area contributed by atoms with E-state index in [0.29, 0.717) is 12.1 Å². The first-order valence-corrected chi connectivity index (χ1v) is 7.78. The van der Waals surface area contributed by atoms with Gasteiger partial charge < -0.3 is 5.32 Å². The zero-order chi connectivity index (χ0) is 14.2. The predicted molar refractivity (Wildman–Crippen MR) is 82.6 cm³/mol. The lowest BCUT2D eigenvalue weighted by Gasteiger charge is -2.20. The topological polar surface area (TPSA) is 46.0 Å². The van der Waals surface area contributed by atoms with Gasteiger partial charge in [0.2, 0.25) is 0 Å². The number of benzene rings is 1. The Bertz CT molecular complexity index is 588. The third-order valence-electron chi connectivity index (χ3n) is 4.53. The Hall–Kier alpha value is -1.88. The highest BCUT2D eigenvalue weighted by Crippen LogP contribution is 2.34. The zero-order valence-corrected chi connectivity index (χ0v) is 12.3. The number of hydrogen-bond donors (Lipinski definition) is 1. The van der Waals surface area contributed by atoms with Gasteiger partial charge in [-0.25, -0.2) is 0 Å². The average Bonchev–Trinajstić information content (AvgIpc) is 3.05. The maximum Gasteiger partial charge on any atom is 0.0858 e. The summed E-state index contributed by atoms with van der Waals surface area (Å²) in [5.41, 5.74) is 2.17. The summed E-state index contributed by atoms with van der Waals surface area (Å²) in [5, 5.41) is 12.0. The van der Waals surface area contributed by atoms with E-state index < -0.39 is 0 Å². The Morgan fingerprint density at radius 2 is 1.81 bits per heavy atom. The van der Waals surface area contributed by atoms with E-state index in [1.165, 1.54) is 31.5 Å². The van der Waals surface area contributed by atoms with Crippen molar-refractivity contribution < 1.29 is 0 Å². The third-order valence-corrected chi connectivity index (χ3v) is 4.53. The Labute approximate surface area is 125 Å². The zero-order valence-electron chi connectivity index (χ0n) is 12.3. The van der Waals surface area contributed by atoms with Crippen molar-refractivity contribution >= 4 is 5.69 Å². The molecule has 0 radical (unpaired) electrons. The molecule has 110 valence electrons. The first kappa shape index (κ1) is 12.8. The van der Waals surface area contributed by atoms with E-state index >= 15 is 0 Å². The molecule has 1 saturated heterocycles. The summed E-state index contributed by atoms with van der Waals surface area (Å²) in [6.45, 7) is 3.53. The van der Waals surface area contributed by atoms with E-state index in [4.69, 9.17) is 0 Å². The van der Waals surface area contributed by atoms with Crippen LogP contribution in [0.2, 0.25) is 0 Å². The minimum absolute atomic E-state index is 0.564. The highest BCUT2D eigenvalue weighted by molar-refractivity contribution is 5.49. The lowest BCUT2D eigenvalue weighted by Crippen LogP contribution is -2.30. The van der Waals surface area contributed by atoms with Crippen LogP contribution in [0.3, 0.4) is 0 Å². The fourth-order valence-corrected chi connectivity index (χ4v) is 3.35. The molecule has 4 rings (SSSR count). The fraction of sp³-hybridized carbons (Fsp3) is 0.500. The summed E-state index contributed by atoms with van der Waals surface area (Å²) in [4.78, 5) is 4.30. The normalized spacial score (nSPS) is 26.1. The highest BCUT2D eigenvalue weighted by atomic mass is 15.5. The molecule has 0 bridgehead atoms. The molecule has 21 heavy (non-hydrogen) atoms. The number of hydrogen-bond acceptors (Lipinski definition) is 4. The highest BCUT2D eigenvalue weighted by Gasteiger charge is 2.38. The lowest BCUT2D eigenvalue weighted by atomic mass is 10.2. The molecule has 1 aromatic carbocycles. The van der Waals surface area contributed by atoms with E-state index in [-0.39, 0.29) is 0 Å². The molecule has 5 nitrogen and oxygen atoms in total. The van der Waals surface area contributed by atoms with Crippen LogP contribution in [0.4, 0.5) is 5.69 Å². The van der Waals surface area contributed by atoms with Crippen molar-refractivity contribution in [2.24, 2.45) is 0 Å².